The second-order valence-corrected chi connectivity index (χ2v) is 6.08. The molecule has 27 heavy (non-hydrogen) atoms. The maximum absolute atomic E-state index is 13.9. The van der Waals surface area contributed by atoms with E-state index in [-0.39, 0.29) is 23.0 Å². The summed E-state index contributed by atoms with van der Waals surface area (Å²) < 4.78 is 13.9. The van der Waals surface area contributed by atoms with Gasteiger partial charge in [0.1, 0.15) is 5.82 Å². The predicted molar refractivity (Wildman–Crippen MR) is 101 cm³/mol. The molecule has 1 aromatic heterocycles. The van der Waals surface area contributed by atoms with Gasteiger partial charge in [-0.15, -0.1) is 0 Å². The highest BCUT2D eigenvalue weighted by Crippen LogP contribution is 2.21. The molecule has 3 rings (SSSR count). The van der Waals surface area contributed by atoms with Crippen LogP contribution in [0.15, 0.2) is 67.0 Å². The molecule has 0 saturated heterocycles. The third kappa shape index (κ3) is 4.68. The van der Waals surface area contributed by atoms with Crippen molar-refractivity contribution in [1.82, 2.24) is 10.3 Å². The Balaban J connectivity index is 1.67. The van der Waals surface area contributed by atoms with Crippen molar-refractivity contribution in [2.45, 2.75) is 6.54 Å². The van der Waals surface area contributed by atoms with Gasteiger partial charge in [0.15, 0.2) is 0 Å². The van der Waals surface area contributed by atoms with Crippen LogP contribution in [0.3, 0.4) is 0 Å². The van der Waals surface area contributed by atoms with Gasteiger partial charge in [-0.25, -0.2) is 4.39 Å². The number of carbonyl (C=O) groups is 2. The van der Waals surface area contributed by atoms with E-state index in [2.05, 4.69) is 15.6 Å². The number of nitrogens with zero attached hydrogens (tertiary/aromatic N) is 1. The van der Waals surface area contributed by atoms with Crippen molar-refractivity contribution in [2.24, 2.45) is 0 Å². The molecule has 0 atom stereocenters. The molecule has 1 heterocycles. The Labute approximate surface area is 160 Å². The zero-order valence-corrected chi connectivity index (χ0v) is 14.8. The third-order valence-electron chi connectivity index (χ3n) is 3.75. The molecule has 2 N–H and O–H groups in total. The Hall–Kier alpha value is -3.25. The molecule has 0 bridgehead atoms. The molecule has 3 aromatic rings. The zero-order valence-electron chi connectivity index (χ0n) is 14.1. The first-order valence-corrected chi connectivity index (χ1v) is 8.45. The average Bonchev–Trinajstić information content (AvgIpc) is 2.67. The molecule has 0 radical (unpaired) electrons. The largest absolute Gasteiger partial charge is 0.348 e. The van der Waals surface area contributed by atoms with Gasteiger partial charge < -0.3 is 10.6 Å². The summed E-state index contributed by atoms with van der Waals surface area (Å²) in [6.07, 6.45) is 3.06. The predicted octanol–water partition coefficient (Wildman–Crippen LogP) is 4.06. The molecular formula is C20H15ClFN3O2. The SMILES string of the molecule is O=C(NCc1cccc(NC(=O)c2c(F)cccc2Cl)c1)c1cccnc1. The van der Waals surface area contributed by atoms with Gasteiger partial charge in [-0.05, 0) is 42.0 Å². The molecular weight excluding hydrogens is 369 g/mol. The fraction of sp³-hybridized carbons (Fsp3) is 0.0500. The maximum Gasteiger partial charge on any atom is 0.260 e. The number of rotatable bonds is 5. The van der Waals surface area contributed by atoms with Gasteiger partial charge in [0.05, 0.1) is 16.1 Å². The van der Waals surface area contributed by atoms with Crippen LogP contribution in [-0.2, 0) is 6.54 Å². The standard InChI is InChI=1S/C20H15ClFN3O2/c21-16-7-2-8-17(22)18(16)20(27)25-15-6-1-4-13(10-15)11-24-19(26)14-5-3-9-23-12-14/h1-10,12H,11H2,(H,24,26)(H,25,27). The van der Waals surface area contributed by atoms with Crippen molar-refractivity contribution in [2.75, 3.05) is 5.32 Å². The van der Waals surface area contributed by atoms with Gasteiger partial charge in [0.25, 0.3) is 11.8 Å². The van der Waals surface area contributed by atoms with E-state index in [1.807, 2.05) is 0 Å². The van der Waals surface area contributed by atoms with Crippen LogP contribution < -0.4 is 10.6 Å². The minimum atomic E-state index is -0.695. The number of hydrogen-bond donors (Lipinski definition) is 2. The van der Waals surface area contributed by atoms with E-state index in [0.29, 0.717) is 11.3 Å². The Morgan fingerprint density at radius 1 is 1.04 bits per heavy atom. The summed E-state index contributed by atoms with van der Waals surface area (Å²) in [6.45, 7) is 0.262. The molecule has 2 aromatic carbocycles. The van der Waals surface area contributed by atoms with E-state index in [1.54, 1.807) is 42.6 Å². The van der Waals surface area contributed by atoms with Crippen LogP contribution in [0.1, 0.15) is 26.3 Å². The van der Waals surface area contributed by atoms with Crippen molar-refractivity contribution in [3.63, 3.8) is 0 Å². The second-order valence-electron chi connectivity index (χ2n) is 5.68. The fourth-order valence-electron chi connectivity index (χ4n) is 2.45. The topological polar surface area (TPSA) is 71.1 Å². The molecule has 0 saturated carbocycles. The van der Waals surface area contributed by atoms with E-state index in [4.69, 9.17) is 11.6 Å². The highest BCUT2D eigenvalue weighted by atomic mass is 35.5. The van der Waals surface area contributed by atoms with Gasteiger partial charge in [0.2, 0.25) is 0 Å². The summed E-state index contributed by atoms with van der Waals surface area (Å²) in [5.41, 5.74) is 1.47. The number of hydrogen-bond acceptors (Lipinski definition) is 3. The van der Waals surface area contributed by atoms with Crippen LogP contribution in [0.2, 0.25) is 5.02 Å². The Morgan fingerprint density at radius 2 is 1.85 bits per heavy atom. The number of pyridine rings is 1. The van der Waals surface area contributed by atoms with Crippen LogP contribution in [0.25, 0.3) is 0 Å². The molecule has 0 aliphatic rings. The summed E-state index contributed by atoms with van der Waals surface area (Å²) in [6, 6.07) is 14.3. The van der Waals surface area contributed by atoms with Gasteiger partial charge in [-0.3, -0.25) is 14.6 Å². The molecule has 0 unspecified atom stereocenters. The first kappa shape index (κ1) is 18.5. The van der Waals surface area contributed by atoms with Crippen LogP contribution >= 0.6 is 11.6 Å². The zero-order chi connectivity index (χ0) is 19.2. The summed E-state index contributed by atoms with van der Waals surface area (Å²) in [4.78, 5) is 28.3. The average molecular weight is 384 g/mol. The lowest BCUT2D eigenvalue weighted by Crippen LogP contribution is -2.23. The second kappa shape index (κ2) is 8.42. The smallest absolute Gasteiger partial charge is 0.260 e. The van der Waals surface area contributed by atoms with Crippen molar-refractivity contribution >= 4 is 29.1 Å². The molecule has 7 heteroatoms. The summed E-state index contributed by atoms with van der Waals surface area (Å²) in [5, 5.41) is 5.42. The van der Waals surface area contributed by atoms with E-state index < -0.39 is 11.7 Å². The van der Waals surface area contributed by atoms with Crippen molar-refractivity contribution < 1.29 is 14.0 Å². The van der Waals surface area contributed by atoms with E-state index in [9.17, 15) is 14.0 Å². The highest BCUT2D eigenvalue weighted by Gasteiger charge is 2.16. The van der Waals surface area contributed by atoms with Crippen LogP contribution in [0.4, 0.5) is 10.1 Å². The van der Waals surface area contributed by atoms with Crippen LogP contribution in [0.5, 0.6) is 0 Å². The minimum Gasteiger partial charge on any atom is -0.348 e. The number of amides is 2. The van der Waals surface area contributed by atoms with Crippen molar-refractivity contribution in [1.29, 1.82) is 0 Å². The van der Waals surface area contributed by atoms with Gasteiger partial charge in [-0.1, -0.05) is 29.8 Å². The van der Waals surface area contributed by atoms with E-state index in [1.165, 1.54) is 24.4 Å². The van der Waals surface area contributed by atoms with Crippen LogP contribution in [0, 0.1) is 5.82 Å². The van der Waals surface area contributed by atoms with Gasteiger partial charge >= 0.3 is 0 Å². The molecule has 136 valence electrons. The molecule has 0 spiro atoms. The number of nitrogens with one attached hydrogen (secondary N) is 2. The van der Waals surface area contributed by atoms with Crippen molar-refractivity contribution in [3.8, 4) is 0 Å². The number of aromatic nitrogens is 1. The molecule has 0 fully saturated rings. The summed E-state index contributed by atoms with van der Waals surface area (Å²) in [5.74, 6) is -1.59. The lowest BCUT2D eigenvalue weighted by atomic mass is 10.1. The lowest BCUT2D eigenvalue weighted by Gasteiger charge is -2.10. The number of halogens is 2. The monoisotopic (exact) mass is 383 g/mol. The van der Waals surface area contributed by atoms with E-state index >= 15 is 0 Å². The first-order valence-electron chi connectivity index (χ1n) is 8.07. The lowest BCUT2D eigenvalue weighted by molar-refractivity contribution is 0.0949. The van der Waals surface area contributed by atoms with Gasteiger partial charge in [-0.2, -0.15) is 0 Å². The number of anilines is 1. The first-order chi connectivity index (χ1) is 13.0. The molecule has 0 aliphatic carbocycles. The summed E-state index contributed by atoms with van der Waals surface area (Å²) in [7, 11) is 0. The Kier molecular flexibility index (Phi) is 5.78. The highest BCUT2D eigenvalue weighted by molar-refractivity contribution is 6.34. The molecule has 2 amide bonds. The quantitative estimate of drug-likeness (QED) is 0.698. The van der Waals surface area contributed by atoms with E-state index in [0.717, 1.165) is 5.56 Å². The molecule has 0 aliphatic heterocycles. The minimum absolute atomic E-state index is 0.0346. The number of benzene rings is 2. The van der Waals surface area contributed by atoms with Crippen LogP contribution in [-0.4, -0.2) is 16.8 Å². The number of carbonyl (C=O) groups excluding carboxylic acids is 2. The maximum atomic E-state index is 13.9. The summed E-state index contributed by atoms with van der Waals surface area (Å²) >= 11 is 5.91. The third-order valence-corrected chi connectivity index (χ3v) is 4.07. The van der Waals surface area contributed by atoms with Crippen molar-refractivity contribution in [3.05, 3.63) is 94.5 Å². The molecule has 5 nitrogen and oxygen atoms in total. The van der Waals surface area contributed by atoms with Gasteiger partial charge in [0, 0.05) is 24.6 Å². The Morgan fingerprint density at radius 3 is 2.59 bits per heavy atom. The Bertz CT molecular complexity index is 960. The fourth-order valence-corrected chi connectivity index (χ4v) is 2.70. The normalized spacial score (nSPS) is 10.3.